The van der Waals surface area contributed by atoms with Gasteiger partial charge < -0.3 is 9.72 Å². The molecule has 5 heteroatoms. The molecule has 112 valence electrons. The fraction of sp³-hybridized carbons (Fsp3) is 0.235. The summed E-state index contributed by atoms with van der Waals surface area (Å²) < 4.78 is 1.97. The van der Waals surface area contributed by atoms with Gasteiger partial charge in [-0.25, -0.2) is 4.98 Å². The van der Waals surface area contributed by atoms with Gasteiger partial charge in [-0.15, -0.1) is 0 Å². The Balaban J connectivity index is 1.60. The molecule has 5 nitrogen and oxygen atoms in total. The minimum absolute atomic E-state index is 0.00434. The number of carbonyl (C=O) groups excluding carboxylic acids is 1. The van der Waals surface area contributed by atoms with Crippen molar-refractivity contribution in [3.05, 3.63) is 65.9 Å². The van der Waals surface area contributed by atoms with E-state index in [-0.39, 0.29) is 5.91 Å². The van der Waals surface area contributed by atoms with Gasteiger partial charge in [0.1, 0.15) is 5.65 Å². The molecule has 0 bridgehead atoms. The molecule has 0 atom stereocenters. The average Bonchev–Trinajstić information content (AvgIpc) is 2.84. The van der Waals surface area contributed by atoms with E-state index in [1.54, 1.807) is 6.20 Å². The van der Waals surface area contributed by atoms with Crippen LogP contribution in [0, 0.1) is 6.92 Å². The number of rotatable bonds is 5. The lowest BCUT2D eigenvalue weighted by Gasteiger charge is -2.06. The van der Waals surface area contributed by atoms with Crippen LogP contribution >= 0.6 is 0 Å². The van der Waals surface area contributed by atoms with Crippen molar-refractivity contribution in [1.82, 2.24) is 19.7 Å². The standard InChI is InChI=1S/C17H18N4O/c1-13-15(21-11-5-3-7-16(21)20-13)12-17(22)19-10-8-14-6-2-4-9-18-14/h2-7,9,11H,8,10,12H2,1H3,(H,19,22). The number of nitrogens with zero attached hydrogens (tertiary/aromatic N) is 3. The highest BCUT2D eigenvalue weighted by Crippen LogP contribution is 2.12. The van der Waals surface area contributed by atoms with Gasteiger partial charge in [0.05, 0.1) is 17.8 Å². The Morgan fingerprint density at radius 1 is 1.23 bits per heavy atom. The number of aryl methyl sites for hydroxylation is 1. The summed E-state index contributed by atoms with van der Waals surface area (Å²) in [5.74, 6) is 0.00434. The number of hydrogen-bond acceptors (Lipinski definition) is 3. The fourth-order valence-corrected chi connectivity index (χ4v) is 2.47. The molecule has 0 aliphatic rings. The molecule has 0 fully saturated rings. The molecule has 0 unspecified atom stereocenters. The molecular weight excluding hydrogens is 276 g/mol. The molecular formula is C17H18N4O. The summed E-state index contributed by atoms with van der Waals surface area (Å²) >= 11 is 0. The van der Waals surface area contributed by atoms with Crippen LogP contribution in [0.2, 0.25) is 0 Å². The van der Waals surface area contributed by atoms with E-state index in [1.165, 1.54) is 0 Å². The van der Waals surface area contributed by atoms with E-state index in [2.05, 4.69) is 15.3 Å². The average molecular weight is 294 g/mol. The summed E-state index contributed by atoms with van der Waals surface area (Å²) in [6.07, 6.45) is 4.77. The van der Waals surface area contributed by atoms with E-state index in [4.69, 9.17) is 0 Å². The first-order chi connectivity index (χ1) is 10.7. The van der Waals surface area contributed by atoms with E-state index in [0.29, 0.717) is 13.0 Å². The third-order valence-electron chi connectivity index (χ3n) is 3.59. The SMILES string of the molecule is Cc1nc2ccccn2c1CC(=O)NCCc1ccccn1. The van der Waals surface area contributed by atoms with Crippen molar-refractivity contribution in [2.24, 2.45) is 0 Å². The Morgan fingerprint density at radius 3 is 2.91 bits per heavy atom. The van der Waals surface area contributed by atoms with Crippen LogP contribution < -0.4 is 5.32 Å². The van der Waals surface area contributed by atoms with Gasteiger partial charge >= 0.3 is 0 Å². The Labute approximate surface area is 129 Å². The van der Waals surface area contributed by atoms with Crippen molar-refractivity contribution in [2.45, 2.75) is 19.8 Å². The summed E-state index contributed by atoms with van der Waals surface area (Å²) in [7, 11) is 0. The van der Waals surface area contributed by atoms with Crippen molar-refractivity contribution in [1.29, 1.82) is 0 Å². The number of hydrogen-bond donors (Lipinski definition) is 1. The van der Waals surface area contributed by atoms with E-state index in [0.717, 1.165) is 29.1 Å². The summed E-state index contributed by atoms with van der Waals surface area (Å²) in [6.45, 7) is 2.52. The molecule has 1 N–H and O–H groups in total. The quantitative estimate of drug-likeness (QED) is 0.782. The highest BCUT2D eigenvalue weighted by Gasteiger charge is 2.12. The first-order valence-corrected chi connectivity index (χ1v) is 7.33. The number of imidazole rings is 1. The maximum atomic E-state index is 12.1. The number of amides is 1. The second-order valence-electron chi connectivity index (χ2n) is 5.17. The predicted octanol–water partition coefficient (Wildman–Crippen LogP) is 1.94. The van der Waals surface area contributed by atoms with Crippen LogP contribution in [0.15, 0.2) is 48.8 Å². The number of nitrogens with one attached hydrogen (secondary N) is 1. The second-order valence-corrected chi connectivity index (χ2v) is 5.17. The van der Waals surface area contributed by atoms with Gasteiger partial charge in [-0.1, -0.05) is 12.1 Å². The summed E-state index contributed by atoms with van der Waals surface area (Å²) in [6, 6.07) is 11.6. The van der Waals surface area contributed by atoms with E-state index >= 15 is 0 Å². The van der Waals surface area contributed by atoms with Crippen molar-refractivity contribution in [3.8, 4) is 0 Å². The van der Waals surface area contributed by atoms with Gasteiger partial charge in [0, 0.05) is 31.1 Å². The molecule has 0 aliphatic carbocycles. The van der Waals surface area contributed by atoms with Crippen molar-refractivity contribution in [2.75, 3.05) is 6.54 Å². The van der Waals surface area contributed by atoms with Crippen molar-refractivity contribution < 1.29 is 4.79 Å². The molecule has 22 heavy (non-hydrogen) atoms. The van der Waals surface area contributed by atoms with Gasteiger partial charge in [-0.05, 0) is 31.2 Å². The van der Waals surface area contributed by atoms with E-state index < -0.39 is 0 Å². The minimum atomic E-state index is 0.00434. The molecule has 0 aromatic carbocycles. The van der Waals surface area contributed by atoms with Gasteiger partial charge in [-0.2, -0.15) is 0 Å². The zero-order valence-corrected chi connectivity index (χ0v) is 12.5. The minimum Gasteiger partial charge on any atom is -0.355 e. The highest BCUT2D eigenvalue weighted by molar-refractivity contribution is 5.78. The molecule has 0 spiro atoms. The zero-order valence-electron chi connectivity index (χ0n) is 12.5. The van der Waals surface area contributed by atoms with Crippen molar-refractivity contribution in [3.63, 3.8) is 0 Å². The Bertz CT molecular complexity index is 780. The number of fused-ring (bicyclic) bond motifs is 1. The van der Waals surface area contributed by atoms with Crippen LogP contribution in [0.25, 0.3) is 5.65 Å². The van der Waals surface area contributed by atoms with Gasteiger partial charge in [-0.3, -0.25) is 9.78 Å². The summed E-state index contributed by atoms with van der Waals surface area (Å²) in [4.78, 5) is 20.8. The summed E-state index contributed by atoms with van der Waals surface area (Å²) in [5.41, 5.74) is 3.68. The highest BCUT2D eigenvalue weighted by atomic mass is 16.1. The number of carbonyl (C=O) groups is 1. The maximum Gasteiger partial charge on any atom is 0.226 e. The van der Waals surface area contributed by atoms with Crippen molar-refractivity contribution >= 4 is 11.6 Å². The van der Waals surface area contributed by atoms with E-state index in [9.17, 15) is 4.79 Å². The van der Waals surface area contributed by atoms with Gasteiger partial charge in [0.2, 0.25) is 5.91 Å². The molecule has 0 saturated heterocycles. The monoisotopic (exact) mass is 294 g/mol. The first kappa shape index (κ1) is 14.3. The van der Waals surface area contributed by atoms with E-state index in [1.807, 2.05) is 53.9 Å². The predicted molar refractivity (Wildman–Crippen MR) is 84.6 cm³/mol. The third-order valence-corrected chi connectivity index (χ3v) is 3.59. The summed E-state index contributed by atoms with van der Waals surface area (Å²) in [5, 5.41) is 2.94. The maximum absolute atomic E-state index is 12.1. The second kappa shape index (κ2) is 6.39. The van der Waals surface area contributed by atoms with Gasteiger partial charge in [0.15, 0.2) is 0 Å². The number of aromatic nitrogens is 3. The zero-order chi connectivity index (χ0) is 15.4. The Hall–Kier alpha value is -2.69. The fourth-order valence-electron chi connectivity index (χ4n) is 2.47. The van der Waals surface area contributed by atoms with Crippen LogP contribution in [0.3, 0.4) is 0 Å². The Kier molecular flexibility index (Phi) is 4.14. The smallest absolute Gasteiger partial charge is 0.226 e. The Morgan fingerprint density at radius 2 is 2.09 bits per heavy atom. The lowest BCUT2D eigenvalue weighted by atomic mass is 10.2. The molecule has 3 heterocycles. The molecule has 1 amide bonds. The third kappa shape index (κ3) is 3.14. The topological polar surface area (TPSA) is 59.3 Å². The largest absolute Gasteiger partial charge is 0.355 e. The van der Waals surface area contributed by atoms with Crippen LogP contribution in [0.5, 0.6) is 0 Å². The lowest BCUT2D eigenvalue weighted by molar-refractivity contribution is -0.120. The van der Waals surface area contributed by atoms with Crippen LogP contribution in [-0.4, -0.2) is 26.8 Å². The van der Waals surface area contributed by atoms with Gasteiger partial charge in [0.25, 0.3) is 0 Å². The molecule has 3 aromatic rings. The normalized spacial score (nSPS) is 10.8. The molecule has 0 saturated carbocycles. The number of pyridine rings is 2. The molecule has 0 aliphatic heterocycles. The van der Waals surface area contributed by atoms with Crippen LogP contribution in [-0.2, 0) is 17.6 Å². The lowest BCUT2D eigenvalue weighted by Crippen LogP contribution is -2.28. The molecule has 3 rings (SSSR count). The van der Waals surface area contributed by atoms with Crippen LogP contribution in [0.4, 0.5) is 0 Å². The van der Waals surface area contributed by atoms with Crippen LogP contribution in [0.1, 0.15) is 17.1 Å². The first-order valence-electron chi connectivity index (χ1n) is 7.33. The molecule has 0 radical (unpaired) electrons. The molecule has 3 aromatic heterocycles.